The summed E-state index contributed by atoms with van der Waals surface area (Å²) in [4.78, 5) is 0. The van der Waals surface area contributed by atoms with Gasteiger partial charge >= 0.3 is 0 Å². The number of hydrogen-bond donors (Lipinski definition) is 0. The van der Waals surface area contributed by atoms with Gasteiger partial charge in [0.2, 0.25) is 0 Å². The minimum absolute atomic E-state index is 0.105. The molecule has 0 amide bonds. The van der Waals surface area contributed by atoms with Crippen LogP contribution in [0.2, 0.25) is 5.02 Å². The lowest BCUT2D eigenvalue weighted by Gasteiger charge is -2.10. The Morgan fingerprint density at radius 2 is 1.42 bits per heavy atom. The van der Waals surface area contributed by atoms with Crippen LogP contribution in [0.25, 0.3) is 21.9 Å². The Bertz CT molecular complexity index is 1230. The van der Waals surface area contributed by atoms with Crippen molar-refractivity contribution in [1.29, 1.82) is 0 Å². The summed E-state index contributed by atoms with van der Waals surface area (Å²) in [5.41, 5.74) is 5.04. The van der Waals surface area contributed by atoms with Crippen molar-refractivity contribution in [2.45, 2.75) is 51.9 Å². The molecule has 4 rings (SSSR count). The predicted octanol–water partition coefficient (Wildman–Crippen LogP) is 9.35. The maximum atomic E-state index is 15.2. The lowest BCUT2D eigenvalue weighted by molar-refractivity contribution is 0.617. The summed E-state index contributed by atoms with van der Waals surface area (Å²) in [5.74, 6) is -0.638. The third-order valence-electron chi connectivity index (χ3n) is 6.31. The van der Waals surface area contributed by atoms with E-state index in [-0.39, 0.29) is 10.8 Å². The Morgan fingerprint density at radius 3 is 2.18 bits per heavy atom. The van der Waals surface area contributed by atoms with Crippen LogP contribution in [0.5, 0.6) is 0 Å². The van der Waals surface area contributed by atoms with E-state index in [9.17, 15) is 4.39 Å². The van der Waals surface area contributed by atoms with Crippen LogP contribution in [-0.4, -0.2) is 0 Å². The Labute approximate surface area is 200 Å². The quantitative estimate of drug-likeness (QED) is 0.217. The van der Waals surface area contributed by atoms with Gasteiger partial charge in [-0.1, -0.05) is 92.4 Å². The van der Waals surface area contributed by atoms with Gasteiger partial charge in [0, 0.05) is 5.39 Å². The van der Waals surface area contributed by atoms with E-state index in [0.29, 0.717) is 23.8 Å². The SMILES string of the molecule is CCCCCCc1ccc(-c2ccc3c(F)c(CCc4ccc(Cl)c(F)c4)ccc3c2)cc1. The van der Waals surface area contributed by atoms with E-state index in [1.54, 1.807) is 12.1 Å². The minimum atomic E-state index is -0.440. The van der Waals surface area contributed by atoms with Gasteiger partial charge in [-0.2, -0.15) is 0 Å². The van der Waals surface area contributed by atoms with E-state index in [0.717, 1.165) is 28.5 Å². The Morgan fingerprint density at radius 1 is 0.667 bits per heavy atom. The standard InChI is InChI=1S/C30H29ClF2/c1-2-3-4-5-6-21-7-11-23(12-8-21)25-16-17-27-26(20-25)15-14-24(30(27)33)13-9-22-10-18-28(31)29(32)19-22/h7-8,10-12,14-20H,2-6,9,13H2,1H3. The molecular formula is C30H29ClF2. The molecule has 0 aliphatic rings. The normalized spacial score (nSPS) is 11.3. The van der Waals surface area contributed by atoms with Gasteiger partial charge in [0.15, 0.2) is 0 Å². The molecule has 0 radical (unpaired) electrons. The number of halogens is 3. The van der Waals surface area contributed by atoms with Crippen LogP contribution in [0, 0.1) is 11.6 Å². The molecule has 0 bridgehead atoms. The molecule has 4 aromatic rings. The van der Waals surface area contributed by atoms with Gasteiger partial charge in [0.05, 0.1) is 5.02 Å². The fraction of sp³-hybridized carbons (Fsp3) is 0.267. The molecular weight excluding hydrogens is 434 g/mol. The van der Waals surface area contributed by atoms with Gasteiger partial charge in [-0.05, 0) is 77.1 Å². The predicted molar refractivity (Wildman–Crippen MR) is 136 cm³/mol. The van der Waals surface area contributed by atoms with Crippen molar-refractivity contribution in [2.75, 3.05) is 0 Å². The van der Waals surface area contributed by atoms with E-state index < -0.39 is 5.82 Å². The van der Waals surface area contributed by atoms with Crippen LogP contribution in [0.1, 0.15) is 49.3 Å². The molecule has 0 saturated heterocycles. The summed E-state index contributed by atoms with van der Waals surface area (Å²) >= 11 is 5.75. The Hall–Kier alpha value is -2.71. The zero-order chi connectivity index (χ0) is 23.2. The zero-order valence-electron chi connectivity index (χ0n) is 19.0. The van der Waals surface area contributed by atoms with Crippen molar-refractivity contribution >= 4 is 22.4 Å². The number of hydrogen-bond acceptors (Lipinski definition) is 0. The average molecular weight is 463 g/mol. The highest BCUT2D eigenvalue weighted by molar-refractivity contribution is 6.30. The number of benzene rings is 4. The highest BCUT2D eigenvalue weighted by atomic mass is 35.5. The van der Waals surface area contributed by atoms with Gasteiger partial charge < -0.3 is 0 Å². The summed E-state index contributed by atoms with van der Waals surface area (Å²) in [6.45, 7) is 2.23. The van der Waals surface area contributed by atoms with Crippen molar-refractivity contribution in [3.63, 3.8) is 0 Å². The summed E-state index contributed by atoms with van der Waals surface area (Å²) in [6, 6.07) is 23.2. The molecule has 0 aliphatic carbocycles. The molecule has 3 heteroatoms. The zero-order valence-corrected chi connectivity index (χ0v) is 19.8. The second-order valence-corrected chi connectivity index (χ2v) is 9.14. The smallest absolute Gasteiger partial charge is 0.142 e. The van der Waals surface area contributed by atoms with E-state index in [4.69, 9.17) is 11.6 Å². The first kappa shape index (κ1) is 23.4. The highest BCUT2D eigenvalue weighted by Gasteiger charge is 2.10. The molecule has 0 unspecified atom stereocenters. The van der Waals surface area contributed by atoms with E-state index in [1.807, 2.05) is 30.3 Å². The third kappa shape index (κ3) is 5.81. The van der Waals surface area contributed by atoms with Gasteiger partial charge in [0.1, 0.15) is 11.6 Å². The van der Waals surface area contributed by atoms with Crippen molar-refractivity contribution in [3.05, 3.63) is 106 Å². The third-order valence-corrected chi connectivity index (χ3v) is 6.61. The first-order valence-electron chi connectivity index (χ1n) is 11.8. The molecule has 0 aromatic heterocycles. The monoisotopic (exact) mass is 462 g/mol. The summed E-state index contributed by atoms with van der Waals surface area (Å²) in [7, 11) is 0. The molecule has 0 fully saturated rings. The highest BCUT2D eigenvalue weighted by Crippen LogP contribution is 2.29. The first-order chi connectivity index (χ1) is 16.0. The molecule has 33 heavy (non-hydrogen) atoms. The van der Waals surface area contributed by atoms with Gasteiger partial charge in [-0.25, -0.2) is 8.78 Å². The molecule has 0 heterocycles. The fourth-order valence-electron chi connectivity index (χ4n) is 4.30. The van der Waals surface area contributed by atoms with Crippen LogP contribution >= 0.6 is 11.6 Å². The molecule has 0 spiro atoms. The maximum absolute atomic E-state index is 15.2. The summed E-state index contributed by atoms with van der Waals surface area (Å²) in [6.07, 6.45) is 7.25. The van der Waals surface area contributed by atoms with E-state index >= 15 is 4.39 Å². The van der Waals surface area contributed by atoms with Crippen LogP contribution in [0.3, 0.4) is 0 Å². The van der Waals surface area contributed by atoms with Crippen LogP contribution in [0.4, 0.5) is 8.78 Å². The van der Waals surface area contributed by atoms with E-state index in [1.165, 1.54) is 37.3 Å². The van der Waals surface area contributed by atoms with Crippen molar-refractivity contribution in [3.8, 4) is 11.1 Å². The Balaban J connectivity index is 1.47. The lowest BCUT2D eigenvalue weighted by Crippen LogP contribution is -1.97. The summed E-state index contributed by atoms with van der Waals surface area (Å²) in [5, 5.41) is 1.61. The number of unbranched alkanes of at least 4 members (excludes halogenated alkanes) is 3. The maximum Gasteiger partial charge on any atom is 0.142 e. The number of rotatable bonds is 9. The van der Waals surface area contributed by atoms with Crippen molar-refractivity contribution in [2.24, 2.45) is 0 Å². The molecule has 4 aromatic carbocycles. The molecule has 0 nitrogen and oxygen atoms in total. The molecule has 0 aliphatic heterocycles. The topological polar surface area (TPSA) is 0 Å². The van der Waals surface area contributed by atoms with Gasteiger partial charge in [0.25, 0.3) is 0 Å². The van der Waals surface area contributed by atoms with Crippen molar-refractivity contribution < 1.29 is 8.78 Å². The Kier molecular flexibility index (Phi) is 7.77. The second-order valence-electron chi connectivity index (χ2n) is 8.73. The number of fused-ring (bicyclic) bond motifs is 1. The largest absolute Gasteiger partial charge is 0.206 e. The van der Waals surface area contributed by atoms with Gasteiger partial charge in [-0.3, -0.25) is 0 Å². The van der Waals surface area contributed by atoms with Crippen LogP contribution in [0.15, 0.2) is 72.8 Å². The second kappa shape index (κ2) is 10.9. The molecule has 0 N–H and O–H groups in total. The van der Waals surface area contributed by atoms with Crippen LogP contribution in [-0.2, 0) is 19.3 Å². The molecule has 0 atom stereocenters. The van der Waals surface area contributed by atoms with Gasteiger partial charge in [-0.15, -0.1) is 0 Å². The van der Waals surface area contributed by atoms with E-state index in [2.05, 4.69) is 31.2 Å². The lowest BCUT2D eigenvalue weighted by atomic mass is 9.96. The first-order valence-corrected chi connectivity index (χ1v) is 12.2. The molecule has 0 saturated carbocycles. The average Bonchev–Trinajstić information content (AvgIpc) is 2.84. The molecule has 170 valence electrons. The summed E-state index contributed by atoms with van der Waals surface area (Å²) < 4.78 is 28.8. The minimum Gasteiger partial charge on any atom is -0.206 e. The van der Waals surface area contributed by atoms with Crippen LogP contribution < -0.4 is 0 Å². The number of aryl methyl sites for hydroxylation is 3. The fourth-order valence-corrected chi connectivity index (χ4v) is 4.42. The van der Waals surface area contributed by atoms with Crippen molar-refractivity contribution in [1.82, 2.24) is 0 Å².